The maximum Gasteiger partial charge on any atom is 0.339 e. The summed E-state index contributed by atoms with van der Waals surface area (Å²) in [6, 6.07) is 9.84. The van der Waals surface area contributed by atoms with Crippen LogP contribution in [0.4, 0.5) is 8.78 Å². The third kappa shape index (κ3) is 5.20. The van der Waals surface area contributed by atoms with Gasteiger partial charge in [-0.1, -0.05) is 12.1 Å². The summed E-state index contributed by atoms with van der Waals surface area (Å²) in [7, 11) is 1.35. The molecule has 0 saturated carbocycles. The van der Waals surface area contributed by atoms with Gasteiger partial charge in [0.2, 0.25) is 0 Å². The van der Waals surface area contributed by atoms with Gasteiger partial charge in [-0.15, -0.1) is 0 Å². The van der Waals surface area contributed by atoms with E-state index >= 15 is 0 Å². The van der Waals surface area contributed by atoms with Crippen molar-refractivity contribution in [2.24, 2.45) is 0 Å². The number of pyridine rings is 1. The van der Waals surface area contributed by atoms with Crippen LogP contribution in [0.15, 0.2) is 42.6 Å². The summed E-state index contributed by atoms with van der Waals surface area (Å²) in [5, 5.41) is 0.814. The summed E-state index contributed by atoms with van der Waals surface area (Å²) in [5.74, 6) is -1.42. The number of methoxy groups -OCH3 is 1. The Morgan fingerprint density at radius 2 is 1.90 bits per heavy atom. The highest BCUT2D eigenvalue weighted by Crippen LogP contribution is 2.43. The number of carbonyl (C=O) groups excluding carboxylic acids is 1. The Kier molecular flexibility index (Phi) is 7.40. The SMILES string of the molecule is COC(=O)C(OC(C)(C)C)c1c(C)nc2c(ccn2Cc2ccc(F)c(F)c2)c1-c1ccc2c(c1C)CCCO2. The number of ether oxygens (including phenoxy) is 3. The molecule has 1 atom stereocenters. The van der Waals surface area contributed by atoms with Crippen LogP contribution in [0.1, 0.15) is 61.2 Å². The molecule has 40 heavy (non-hydrogen) atoms. The lowest BCUT2D eigenvalue weighted by molar-refractivity contribution is -0.164. The van der Waals surface area contributed by atoms with Crippen molar-refractivity contribution in [1.29, 1.82) is 0 Å². The number of rotatable bonds is 6. The highest BCUT2D eigenvalue weighted by molar-refractivity contribution is 5.99. The van der Waals surface area contributed by atoms with Gasteiger partial charge >= 0.3 is 5.97 Å². The molecule has 3 heterocycles. The average Bonchev–Trinajstić information content (AvgIpc) is 3.30. The van der Waals surface area contributed by atoms with Gasteiger partial charge in [-0.05, 0) is 94.0 Å². The molecule has 5 rings (SSSR count). The zero-order chi connectivity index (χ0) is 28.8. The lowest BCUT2D eigenvalue weighted by Crippen LogP contribution is -2.29. The predicted molar refractivity (Wildman–Crippen MR) is 150 cm³/mol. The highest BCUT2D eigenvalue weighted by atomic mass is 19.2. The molecule has 1 unspecified atom stereocenters. The number of fused-ring (bicyclic) bond motifs is 2. The first-order chi connectivity index (χ1) is 19.0. The number of esters is 1. The molecule has 0 amide bonds. The Morgan fingerprint density at radius 3 is 2.60 bits per heavy atom. The molecule has 0 N–H and O–H groups in total. The van der Waals surface area contributed by atoms with Crippen molar-refractivity contribution in [3.05, 3.63) is 82.2 Å². The van der Waals surface area contributed by atoms with E-state index in [1.54, 1.807) is 6.07 Å². The molecule has 0 spiro atoms. The van der Waals surface area contributed by atoms with Crippen molar-refractivity contribution >= 4 is 17.0 Å². The molecule has 6 nitrogen and oxygen atoms in total. The van der Waals surface area contributed by atoms with Crippen LogP contribution in [-0.4, -0.2) is 34.8 Å². The lowest BCUT2D eigenvalue weighted by Gasteiger charge is -2.29. The zero-order valence-corrected chi connectivity index (χ0v) is 23.7. The van der Waals surface area contributed by atoms with Gasteiger partial charge in [0.05, 0.1) is 19.3 Å². The molecule has 8 heteroatoms. The van der Waals surface area contributed by atoms with Crippen molar-refractivity contribution in [3.63, 3.8) is 0 Å². The van der Waals surface area contributed by atoms with Crippen LogP contribution in [0, 0.1) is 25.5 Å². The third-order valence-corrected chi connectivity index (χ3v) is 7.28. The highest BCUT2D eigenvalue weighted by Gasteiger charge is 2.34. The summed E-state index contributed by atoms with van der Waals surface area (Å²) in [5.41, 5.74) is 5.86. The van der Waals surface area contributed by atoms with Gasteiger partial charge < -0.3 is 18.8 Å². The molecule has 0 saturated heterocycles. The number of benzene rings is 2. The average molecular weight is 549 g/mol. The molecular formula is C32H34F2N2O4. The predicted octanol–water partition coefficient (Wildman–Crippen LogP) is 7.00. The molecule has 0 aliphatic carbocycles. The van der Waals surface area contributed by atoms with Crippen molar-refractivity contribution < 1.29 is 27.8 Å². The van der Waals surface area contributed by atoms with Crippen molar-refractivity contribution in [1.82, 2.24) is 9.55 Å². The summed E-state index contributed by atoms with van der Waals surface area (Å²) >= 11 is 0. The van der Waals surface area contributed by atoms with Crippen LogP contribution in [0.25, 0.3) is 22.2 Å². The van der Waals surface area contributed by atoms with Crippen LogP contribution >= 0.6 is 0 Å². The van der Waals surface area contributed by atoms with E-state index in [0.717, 1.165) is 52.3 Å². The number of aryl methyl sites for hydroxylation is 1. The molecule has 210 valence electrons. The fraction of sp³-hybridized carbons (Fsp3) is 0.375. The molecule has 0 radical (unpaired) electrons. The van der Waals surface area contributed by atoms with E-state index in [4.69, 9.17) is 19.2 Å². The molecule has 1 aliphatic heterocycles. The molecule has 2 aromatic carbocycles. The van der Waals surface area contributed by atoms with Gasteiger partial charge in [0, 0.05) is 34.9 Å². The van der Waals surface area contributed by atoms with Gasteiger partial charge in [-0.2, -0.15) is 0 Å². The minimum atomic E-state index is -1.02. The standard InChI is InChI=1S/C32H34F2N2O4/c1-18-21-8-7-15-39-26(21)12-10-22(18)28-23-13-14-36(17-20-9-11-24(33)25(34)16-20)30(23)35-19(2)27(28)29(31(37)38-6)40-32(3,4)5/h9-14,16,29H,7-8,15,17H2,1-6H3. The van der Waals surface area contributed by atoms with Gasteiger partial charge in [-0.3, -0.25) is 0 Å². The second kappa shape index (κ2) is 10.7. The first-order valence-electron chi connectivity index (χ1n) is 13.4. The van der Waals surface area contributed by atoms with Gasteiger partial charge in [0.1, 0.15) is 11.4 Å². The number of aromatic nitrogens is 2. The van der Waals surface area contributed by atoms with Crippen LogP contribution in [-0.2, 0) is 27.2 Å². The number of carbonyl (C=O) groups is 1. The van der Waals surface area contributed by atoms with Crippen molar-refractivity contribution in [2.45, 2.75) is 65.7 Å². The second-order valence-electron chi connectivity index (χ2n) is 11.2. The normalized spacial score (nSPS) is 14.1. The largest absolute Gasteiger partial charge is 0.493 e. The Hall–Kier alpha value is -3.78. The topological polar surface area (TPSA) is 62.6 Å². The summed E-state index contributed by atoms with van der Waals surface area (Å²) in [6.07, 6.45) is 2.68. The van der Waals surface area contributed by atoms with Crippen molar-refractivity contribution in [2.75, 3.05) is 13.7 Å². The fourth-order valence-corrected chi connectivity index (χ4v) is 5.47. The molecular weight excluding hydrogens is 514 g/mol. The monoisotopic (exact) mass is 548 g/mol. The summed E-state index contributed by atoms with van der Waals surface area (Å²) < 4.78 is 46.9. The van der Waals surface area contributed by atoms with E-state index in [1.807, 2.05) is 56.7 Å². The van der Waals surface area contributed by atoms with Gasteiger partial charge in [0.25, 0.3) is 0 Å². The van der Waals surface area contributed by atoms with E-state index < -0.39 is 29.3 Å². The molecule has 2 aromatic heterocycles. The van der Waals surface area contributed by atoms with E-state index in [-0.39, 0.29) is 0 Å². The number of halogens is 2. The van der Waals surface area contributed by atoms with E-state index in [9.17, 15) is 13.6 Å². The first-order valence-corrected chi connectivity index (χ1v) is 13.4. The number of hydrogen-bond acceptors (Lipinski definition) is 5. The fourth-order valence-electron chi connectivity index (χ4n) is 5.47. The molecule has 4 aromatic rings. The smallest absolute Gasteiger partial charge is 0.339 e. The number of nitrogens with zero attached hydrogens (tertiary/aromatic N) is 2. The Labute approximate surface area is 232 Å². The van der Waals surface area contributed by atoms with Crippen LogP contribution in [0.5, 0.6) is 5.75 Å². The zero-order valence-electron chi connectivity index (χ0n) is 23.7. The summed E-state index contributed by atoms with van der Waals surface area (Å²) in [6.45, 7) is 10.6. The summed E-state index contributed by atoms with van der Waals surface area (Å²) in [4.78, 5) is 18.1. The Bertz CT molecular complexity index is 1600. The first kappa shape index (κ1) is 27.8. The Morgan fingerprint density at radius 1 is 1.12 bits per heavy atom. The van der Waals surface area contributed by atoms with Gasteiger partial charge in [0.15, 0.2) is 17.7 Å². The van der Waals surface area contributed by atoms with Crippen LogP contribution < -0.4 is 4.74 Å². The minimum Gasteiger partial charge on any atom is -0.493 e. The molecule has 0 bridgehead atoms. The minimum absolute atomic E-state index is 0.294. The van der Waals surface area contributed by atoms with Crippen molar-refractivity contribution in [3.8, 4) is 16.9 Å². The maximum atomic E-state index is 14.0. The van der Waals surface area contributed by atoms with Crippen LogP contribution in [0.3, 0.4) is 0 Å². The van der Waals surface area contributed by atoms with E-state index in [1.165, 1.54) is 13.2 Å². The molecule has 0 fully saturated rings. The number of hydrogen-bond donors (Lipinski definition) is 0. The van der Waals surface area contributed by atoms with E-state index in [2.05, 4.69) is 6.92 Å². The quantitative estimate of drug-likeness (QED) is 0.243. The van der Waals surface area contributed by atoms with Gasteiger partial charge in [-0.25, -0.2) is 18.6 Å². The second-order valence-corrected chi connectivity index (χ2v) is 11.2. The third-order valence-electron chi connectivity index (χ3n) is 7.28. The van der Waals surface area contributed by atoms with E-state index in [0.29, 0.717) is 35.6 Å². The Balaban J connectivity index is 1.77. The molecule has 1 aliphatic rings. The van der Waals surface area contributed by atoms with Crippen LogP contribution in [0.2, 0.25) is 0 Å². The lowest BCUT2D eigenvalue weighted by atomic mass is 9.87. The maximum absolute atomic E-state index is 14.0.